The number of aliphatic hydroxyl groups is 2. The van der Waals surface area contributed by atoms with E-state index < -0.39 is 12.1 Å². The first-order valence-corrected chi connectivity index (χ1v) is 6.14. The van der Waals surface area contributed by atoms with Gasteiger partial charge in [-0.1, -0.05) is 32.6 Å². The SMILES string of the molecule is CCCC(O)CCCCCC(O)CC(=O)O. The van der Waals surface area contributed by atoms with Crippen LogP contribution in [-0.4, -0.2) is 33.5 Å². The molecule has 4 heteroatoms. The molecular weight excluding hydrogens is 208 g/mol. The van der Waals surface area contributed by atoms with Gasteiger partial charge in [0.2, 0.25) is 0 Å². The molecule has 4 nitrogen and oxygen atoms in total. The van der Waals surface area contributed by atoms with E-state index in [0.29, 0.717) is 6.42 Å². The zero-order valence-electron chi connectivity index (χ0n) is 10.1. The summed E-state index contributed by atoms with van der Waals surface area (Å²) in [4.78, 5) is 10.3. The predicted octanol–water partition coefficient (Wildman–Crippen LogP) is 1.93. The van der Waals surface area contributed by atoms with Crippen LogP contribution in [0.4, 0.5) is 0 Å². The molecule has 0 aliphatic heterocycles. The van der Waals surface area contributed by atoms with Crippen molar-refractivity contribution in [2.24, 2.45) is 0 Å². The number of rotatable bonds is 10. The third kappa shape index (κ3) is 9.93. The molecule has 3 N–H and O–H groups in total. The molecule has 16 heavy (non-hydrogen) atoms. The molecule has 0 aromatic rings. The Hall–Kier alpha value is -0.610. The molecule has 0 fully saturated rings. The molecule has 0 aliphatic rings. The summed E-state index contributed by atoms with van der Waals surface area (Å²) in [5.74, 6) is -0.953. The summed E-state index contributed by atoms with van der Waals surface area (Å²) in [7, 11) is 0. The van der Waals surface area contributed by atoms with Crippen LogP contribution in [0.25, 0.3) is 0 Å². The molecule has 0 amide bonds. The number of aliphatic hydroxyl groups excluding tert-OH is 2. The largest absolute Gasteiger partial charge is 0.481 e. The van der Waals surface area contributed by atoms with Crippen molar-refractivity contribution < 1.29 is 20.1 Å². The average molecular weight is 232 g/mol. The van der Waals surface area contributed by atoms with E-state index in [1.54, 1.807) is 0 Å². The van der Waals surface area contributed by atoms with Gasteiger partial charge in [0.25, 0.3) is 0 Å². The number of hydrogen-bond donors (Lipinski definition) is 3. The predicted molar refractivity (Wildman–Crippen MR) is 62.3 cm³/mol. The lowest BCUT2D eigenvalue weighted by Crippen LogP contribution is -2.12. The molecule has 0 aliphatic carbocycles. The van der Waals surface area contributed by atoms with Crippen LogP contribution in [0.2, 0.25) is 0 Å². The van der Waals surface area contributed by atoms with E-state index in [4.69, 9.17) is 5.11 Å². The molecular formula is C12H24O4. The highest BCUT2D eigenvalue weighted by molar-refractivity contribution is 5.67. The fourth-order valence-corrected chi connectivity index (χ4v) is 1.72. The first-order chi connectivity index (χ1) is 7.56. The molecule has 0 bridgehead atoms. The van der Waals surface area contributed by atoms with Crippen molar-refractivity contribution in [3.05, 3.63) is 0 Å². The maximum absolute atomic E-state index is 10.3. The van der Waals surface area contributed by atoms with Crippen LogP contribution in [0.3, 0.4) is 0 Å². The fraction of sp³-hybridized carbons (Fsp3) is 0.917. The van der Waals surface area contributed by atoms with Crippen molar-refractivity contribution in [2.75, 3.05) is 0 Å². The summed E-state index contributed by atoms with van der Waals surface area (Å²) in [5, 5.41) is 27.2. The Morgan fingerprint density at radius 1 is 1.00 bits per heavy atom. The van der Waals surface area contributed by atoms with E-state index >= 15 is 0 Å². The Bertz CT molecular complexity index is 182. The van der Waals surface area contributed by atoms with Gasteiger partial charge in [0.1, 0.15) is 0 Å². The Morgan fingerprint density at radius 3 is 2.06 bits per heavy atom. The highest BCUT2D eigenvalue weighted by Gasteiger charge is 2.09. The molecule has 0 radical (unpaired) electrons. The summed E-state index contributed by atoms with van der Waals surface area (Å²) in [6, 6.07) is 0. The normalized spacial score (nSPS) is 14.7. The third-order valence-electron chi connectivity index (χ3n) is 2.61. The monoisotopic (exact) mass is 232 g/mol. The van der Waals surface area contributed by atoms with E-state index in [0.717, 1.165) is 38.5 Å². The number of carboxylic acid groups (broad SMARTS) is 1. The second-order valence-electron chi connectivity index (χ2n) is 4.33. The molecule has 0 saturated carbocycles. The lowest BCUT2D eigenvalue weighted by molar-refractivity contribution is -0.139. The van der Waals surface area contributed by atoms with Gasteiger partial charge in [0.15, 0.2) is 0 Å². The number of aliphatic carboxylic acids is 1. The zero-order valence-corrected chi connectivity index (χ0v) is 10.1. The Morgan fingerprint density at radius 2 is 1.56 bits per heavy atom. The van der Waals surface area contributed by atoms with Gasteiger partial charge in [-0.2, -0.15) is 0 Å². The second-order valence-corrected chi connectivity index (χ2v) is 4.33. The van der Waals surface area contributed by atoms with Gasteiger partial charge in [-0.05, 0) is 19.3 Å². The fourth-order valence-electron chi connectivity index (χ4n) is 1.72. The molecule has 0 saturated heterocycles. The minimum atomic E-state index is -0.953. The summed E-state index contributed by atoms with van der Waals surface area (Å²) < 4.78 is 0. The smallest absolute Gasteiger partial charge is 0.305 e. The minimum absolute atomic E-state index is 0.168. The van der Waals surface area contributed by atoms with E-state index in [-0.39, 0.29) is 12.5 Å². The minimum Gasteiger partial charge on any atom is -0.481 e. The van der Waals surface area contributed by atoms with Gasteiger partial charge < -0.3 is 15.3 Å². The van der Waals surface area contributed by atoms with Gasteiger partial charge in [-0.3, -0.25) is 4.79 Å². The lowest BCUT2D eigenvalue weighted by atomic mass is 10.0. The van der Waals surface area contributed by atoms with Gasteiger partial charge in [-0.25, -0.2) is 0 Å². The highest BCUT2D eigenvalue weighted by Crippen LogP contribution is 2.11. The number of carboxylic acids is 1. The molecule has 0 heterocycles. The second kappa shape index (κ2) is 9.60. The van der Waals surface area contributed by atoms with Gasteiger partial charge in [-0.15, -0.1) is 0 Å². The number of carbonyl (C=O) groups is 1. The summed E-state index contributed by atoms with van der Waals surface area (Å²) in [6.45, 7) is 2.05. The van der Waals surface area contributed by atoms with E-state index in [9.17, 15) is 15.0 Å². The van der Waals surface area contributed by atoms with Crippen molar-refractivity contribution in [3.8, 4) is 0 Å². The first kappa shape index (κ1) is 15.4. The van der Waals surface area contributed by atoms with Crippen LogP contribution in [0, 0.1) is 0 Å². The van der Waals surface area contributed by atoms with Crippen LogP contribution < -0.4 is 0 Å². The van der Waals surface area contributed by atoms with Crippen molar-refractivity contribution in [3.63, 3.8) is 0 Å². The third-order valence-corrected chi connectivity index (χ3v) is 2.61. The lowest BCUT2D eigenvalue weighted by Gasteiger charge is -2.10. The quantitative estimate of drug-likeness (QED) is 0.503. The Labute approximate surface area is 97.3 Å². The Balaban J connectivity index is 3.29. The maximum Gasteiger partial charge on any atom is 0.305 e. The van der Waals surface area contributed by atoms with Crippen LogP contribution in [0.1, 0.15) is 58.3 Å². The average Bonchev–Trinajstić information content (AvgIpc) is 2.16. The maximum atomic E-state index is 10.3. The molecule has 96 valence electrons. The molecule has 2 unspecified atom stereocenters. The van der Waals surface area contributed by atoms with Crippen LogP contribution >= 0.6 is 0 Å². The van der Waals surface area contributed by atoms with Crippen LogP contribution in [0.15, 0.2) is 0 Å². The van der Waals surface area contributed by atoms with Crippen LogP contribution in [0.5, 0.6) is 0 Å². The number of hydrogen-bond acceptors (Lipinski definition) is 3. The molecule has 0 aromatic heterocycles. The van der Waals surface area contributed by atoms with E-state index in [1.165, 1.54) is 0 Å². The van der Waals surface area contributed by atoms with Crippen molar-refractivity contribution in [1.29, 1.82) is 0 Å². The van der Waals surface area contributed by atoms with E-state index in [2.05, 4.69) is 0 Å². The van der Waals surface area contributed by atoms with Crippen molar-refractivity contribution >= 4 is 5.97 Å². The van der Waals surface area contributed by atoms with E-state index in [1.807, 2.05) is 6.92 Å². The van der Waals surface area contributed by atoms with Crippen molar-refractivity contribution in [2.45, 2.75) is 70.5 Å². The van der Waals surface area contributed by atoms with Gasteiger partial charge >= 0.3 is 5.97 Å². The van der Waals surface area contributed by atoms with Crippen molar-refractivity contribution in [1.82, 2.24) is 0 Å². The summed E-state index contributed by atoms with van der Waals surface area (Å²) >= 11 is 0. The molecule has 0 spiro atoms. The zero-order chi connectivity index (χ0) is 12.4. The molecule has 0 rings (SSSR count). The summed E-state index contributed by atoms with van der Waals surface area (Å²) in [5.41, 5.74) is 0. The van der Waals surface area contributed by atoms with Crippen LogP contribution in [-0.2, 0) is 4.79 Å². The van der Waals surface area contributed by atoms with Gasteiger partial charge in [0, 0.05) is 0 Å². The Kier molecular flexibility index (Phi) is 9.24. The topological polar surface area (TPSA) is 77.8 Å². The number of unbranched alkanes of at least 4 members (excludes halogenated alkanes) is 2. The van der Waals surface area contributed by atoms with Gasteiger partial charge in [0.05, 0.1) is 18.6 Å². The molecule has 0 aromatic carbocycles. The summed E-state index contributed by atoms with van der Waals surface area (Å²) in [6.07, 6.45) is 4.82. The highest BCUT2D eigenvalue weighted by atomic mass is 16.4. The standard InChI is InChI=1S/C12H24O4/c1-2-6-10(13)7-4-3-5-8-11(14)9-12(15)16/h10-11,13-14H,2-9H2,1H3,(H,15,16). The molecule has 2 atom stereocenters. The first-order valence-electron chi connectivity index (χ1n) is 6.14.